The number of ether oxygens (including phenoxy) is 1. The maximum atomic E-state index is 13.7. The third-order valence-corrected chi connectivity index (χ3v) is 6.75. The topological polar surface area (TPSA) is 42.4 Å². The van der Waals surface area contributed by atoms with Crippen LogP contribution in [0.25, 0.3) is 0 Å². The summed E-state index contributed by atoms with van der Waals surface area (Å²) in [5, 5.41) is 0. The number of carbonyl (C=O) groups is 1. The van der Waals surface area contributed by atoms with E-state index >= 15 is 0 Å². The zero-order valence-corrected chi connectivity index (χ0v) is 17.6. The highest BCUT2D eigenvalue weighted by Crippen LogP contribution is 2.49. The van der Waals surface area contributed by atoms with Gasteiger partial charge in [-0.25, -0.2) is 0 Å². The Morgan fingerprint density at radius 2 is 1.83 bits per heavy atom. The van der Waals surface area contributed by atoms with Gasteiger partial charge in [0.1, 0.15) is 5.69 Å². The molecule has 4 nitrogen and oxygen atoms in total. The Balaban J connectivity index is 1.52. The summed E-state index contributed by atoms with van der Waals surface area (Å²) in [5.41, 5.74) is 1.33. The summed E-state index contributed by atoms with van der Waals surface area (Å²) in [5.74, 6) is 0.600. The summed E-state index contributed by atoms with van der Waals surface area (Å²) < 4.78 is 6.01. The fourth-order valence-electron chi connectivity index (χ4n) is 5.37. The van der Waals surface area contributed by atoms with Gasteiger partial charge in [-0.1, -0.05) is 36.4 Å². The van der Waals surface area contributed by atoms with Crippen molar-refractivity contribution < 1.29 is 9.53 Å². The third-order valence-electron chi connectivity index (χ3n) is 6.75. The molecule has 2 fully saturated rings. The summed E-state index contributed by atoms with van der Waals surface area (Å²) in [6.45, 7) is 7.96. The third kappa shape index (κ3) is 4.44. The largest absolute Gasteiger partial charge is 0.376 e. The number of likely N-dealkylation sites (tertiary alicyclic amines) is 1. The van der Waals surface area contributed by atoms with Crippen LogP contribution in [-0.2, 0) is 11.3 Å². The molecule has 0 radical (unpaired) electrons. The van der Waals surface area contributed by atoms with E-state index in [-0.39, 0.29) is 16.8 Å². The first-order valence-electron chi connectivity index (χ1n) is 10.8. The number of nitrogens with zero attached hydrogens (tertiary/aromatic N) is 2. The van der Waals surface area contributed by atoms with Crippen LogP contribution in [0.15, 0.2) is 54.7 Å². The van der Waals surface area contributed by atoms with Crippen LogP contribution in [-0.4, -0.2) is 41.0 Å². The molecule has 2 aromatic rings. The van der Waals surface area contributed by atoms with E-state index < -0.39 is 0 Å². The Morgan fingerprint density at radius 1 is 1.10 bits per heavy atom. The van der Waals surface area contributed by atoms with Crippen LogP contribution in [0.2, 0.25) is 0 Å². The minimum absolute atomic E-state index is 0.219. The molecule has 2 saturated heterocycles. The Kier molecular flexibility index (Phi) is 5.84. The van der Waals surface area contributed by atoms with Crippen LogP contribution in [0, 0.1) is 11.3 Å². The molecule has 1 unspecified atom stereocenters. The van der Waals surface area contributed by atoms with E-state index in [2.05, 4.69) is 54.1 Å². The first-order valence-corrected chi connectivity index (χ1v) is 10.8. The van der Waals surface area contributed by atoms with Crippen molar-refractivity contribution in [1.29, 1.82) is 0 Å². The Bertz CT molecular complexity index is 813. The highest BCUT2D eigenvalue weighted by atomic mass is 16.5. The van der Waals surface area contributed by atoms with E-state index in [1.807, 2.05) is 18.2 Å². The van der Waals surface area contributed by atoms with Crippen LogP contribution in [0.5, 0.6) is 0 Å². The van der Waals surface area contributed by atoms with Crippen molar-refractivity contribution in [3.05, 3.63) is 66.0 Å². The van der Waals surface area contributed by atoms with E-state index in [9.17, 15) is 4.79 Å². The highest BCUT2D eigenvalue weighted by molar-refractivity contribution is 5.99. The molecular weight excluding hydrogens is 360 g/mol. The SMILES string of the molecule is CC1(C)CC(C(=O)c2ccccn2)(C2CCN(Cc3ccccc3)CC2)CCO1. The Morgan fingerprint density at radius 3 is 2.48 bits per heavy atom. The first-order chi connectivity index (χ1) is 14.0. The maximum Gasteiger partial charge on any atom is 0.187 e. The minimum atomic E-state index is -0.366. The predicted octanol–water partition coefficient (Wildman–Crippen LogP) is 4.75. The second kappa shape index (κ2) is 8.37. The molecule has 2 aliphatic rings. The summed E-state index contributed by atoms with van der Waals surface area (Å²) in [7, 11) is 0. The number of pyridine rings is 1. The van der Waals surface area contributed by atoms with Crippen molar-refractivity contribution in [2.45, 2.75) is 51.7 Å². The van der Waals surface area contributed by atoms with Crippen LogP contribution < -0.4 is 0 Å². The van der Waals surface area contributed by atoms with Crippen molar-refractivity contribution in [3.63, 3.8) is 0 Å². The molecule has 0 spiro atoms. The van der Waals surface area contributed by atoms with Gasteiger partial charge in [0.15, 0.2) is 5.78 Å². The van der Waals surface area contributed by atoms with Gasteiger partial charge in [0.25, 0.3) is 0 Å². The van der Waals surface area contributed by atoms with Gasteiger partial charge >= 0.3 is 0 Å². The molecule has 2 aliphatic heterocycles. The molecule has 1 aromatic carbocycles. The minimum Gasteiger partial charge on any atom is -0.376 e. The van der Waals surface area contributed by atoms with Gasteiger partial charge in [0.2, 0.25) is 0 Å². The van der Waals surface area contributed by atoms with Crippen molar-refractivity contribution >= 4 is 5.78 Å². The van der Waals surface area contributed by atoms with E-state index in [1.165, 1.54) is 5.56 Å². The number of aromatic nitrogens is 1. The molecule has 154 valence electrons. The first kappa shape index (κ1) is 20.2. The molecule has 29 heavy (non-hydrogen) atoms. The van der Waals surface area contributed by atoms with Gasteiger partial charge in [-0.05, 0) is 76.2 Å². The summed E-state index contributed by atoms with van der Waals surface area (Å²) in [6.07, 6.45) is 5.42. The lowest BCUT2D eigenvalue weighted by Gasteiger charge is -2.50. The number of Topliss-reactive ketones (excluding diaryl/α,β-unsaturated/α-hetero) is 1. The Hall–Kier alpha value is -2.04. The van der Waals surface area contributed by atoms with Crippen molar-refractivity contribution in [3.8, 4) is 0 Å². The van der Waals surface area contributed by atoms with Crippen molar-refractivity contribution in [2.75, 3.05) is 19.7 Å². The fraction of sp³-hybridized carbons (Fsp3) is 0.520. The number of hydrogen-bond donors (Lipinski definition) is 0. The molecule has 0 bridgehead atoms. The van der Waals surface area contributed by atoms with Crippen molar-refractivity contribution in [2.24, 2.45) is 11.3 Å². The standard InChI is InChI=1S/C25H32N2O2/c1-24(2)19-25(13-17-29-24,23(28)22-10-6-7-14-26-22)21-11-15-27(16-12-21)18-20-8-4-3-5-9-20/h3-10,14,21H,11-13,15-19H2,1-2H3. The van der Waals surface area contributed by atoms with Crippen LogP contribution >= 0.6 is 0 Å². The molecule has 0 aliphatic carbocycles. The zero-order valence-electron chi connectivity index (χ0n) is 17.6. The molecule has 4 heteroatoms. The van der Waals surface area contributed by atoms with Crippen LogP contribution in [0.4, 0.5) is 0 Å². The molecule has 0 N–H and O–H groups in total. The Labute approximate surface area is 174 Å². The number of benzene rings is 1. The summed E-state index contributed by atoms with van der Waals surface area (Å²) in [6, 6.07) is 16.3. The number of carbonyl (C=O) groups excluding carboxylic acids is 1. The monoisotopic (exact) mass is 392 g/mol. The lowest BCUT2D eigenvalue weighted by atomic mass is 9.60. The van der Waals surface area contributed by atoms with E-state index in [4.69, 9.17) is 4.74 Å². The van der Waals surface area contributed by atoms with Gasteiger partial charge in [-0.3, -0.25) is 14.7 Å². The average Bonchev–Trinajstić information content (AvgIpc) is 2.74. The number of rotatable bonds is 5. The molecule has 3 heterocycles. The van der Waals surface area contributed by atoms with Gasteiger partial charge < -0.3 is 4.74 Å². The van der Waals surface area contributed by atoms with Gasteiger partial charge in [-0.2, -0.15) is 0 Å². The highest BCUT2D eigenvalue weighted by Gasteiger charge is 2.52. The molecule has 0 amide bonds. The number of hydrogen-bond acceptors (Lipinski definition) is 4. The van der Waals surface area contributed by atoms with E-state index in [1.54, 1.807) is 6.20 Å². The van der Waals surface area contributed by atoms with Gasteiger partial charge in [0, 0.05) is 24.8 Å². The van der Waals surface area contributed by atoms with E-state index in [0.717, 1.165) is 45.3 Å². The number of ketones is 1. The quantitative estimate of drug-likeness (QED) is 0.689. The normalized spacial score (nSPS) is 25.6. The van der Waals surface area contributed by atoms with Crippen LogP contribution in [0.3, 0.4) is 0 Å². The van der Waals surface area contributed by atoms with E-state index in [0.29, 0.717) is 18.2 Å². The smallest absolute Gasteiger partial charge is 0.187 e. The maximum absolute atomic E-state index is 13.7. The molecular formula is C25H32N2O2. The second-order valence-corrected chi connectivity index (χ2v) is 9.27. The lowest BCUT2D eigenvalue weighted by molar-refractivity contribution is -0.113. The summed E-state index contributed by atoms with van der Waals surface area (Å²) >= 11 is 0. The average molecular weight is 393 g/mol. The number of piperidine rings is 1. The lowest BCUT2D eigenvalue weighted by Crippen LogP contribution is -2.52. The summed E-state index contributed by atoms with van der Waals surface area (Å²) in [4.78, 5) is 20.7. The van der Waals surface area contributed by atoms with Gasteiger partial charge in [-0.15, -0.1) is 0 Å². The van der Waals surface area contributed by atoms with Gasteiger partial charge in [0.05, 0.1) is 5.60 Å². The fourth-order valence-corrected chi connectivity index (χ4v) is 5.37. The molecule has 1 atom stereocenters. The zero-order chi connectivity index (χ0) is 20.3. The molecule has 4 rings (SSSR count). The molecule has 1 aromatic heterocycles. The van der Waals surface area contributed by atoms with Crippen molar-refractivity contribution in [1.82, 2.24) is 9.88 Å². The van der Waals surface area contributed by atoms with Crippen LogP contribution in [0.1, 0.15) is 55.6 Å². The predicted molar refractivity (Wildman–Crippen MR) is 115 cm³/mol. The molecule has 0 saturated carbocycles. The second-order valence-electron chi connectivity index (χ2n) is 9.27.